The van der Waals surface area contributed by atoms with Gasteiger partial charge in [0.1, 0.15) is 18.3 Å². The van der Waals surface area contributed by atoms with Crippen molar-refractivity contribution in [1.82, 2.24) is 10.2 Å². The molecule has 248 valence electrons. The van der Waals surface area contributed by atoms with Gasteiger partial charge in [-0.25, -0.2) is 8.42 Å². The Kier molecular flexibility index (Phi) is 12.8. The van der Waals surface area contributed by atoms with Gasteiger partial charge in [-0.3, -0.25) is 13.9 Å². The van der Waals surface area contributed by atoms with Gasteiger partial charge in [0.2, 0.25) is 11.8 Å². The fraction of sp³-hybridized carbons (Fsp3) is 0.297. The Morgan fingerprint density at radius 1 is 0.872 bits per heavy atom. The number of hydrogen-bond acceptors (Lipinski definition) is 5. The number of nitrogens with one attached hydrogen (secondary N) is 1. The molecule has 10 heteroatoms. The molecule has 0 aliphatic heterocycles. The Morgan fingerprint density at radius 2 is 1.53 bits per heavy atom. The first-order valence-electron chi connectivity index (χ1n) is 15.8. The van der Waals surface area contributed by atoms with Crippen LogP contribution >= 0.6 is 11.6 Å². The number of aryl methyl sites for hydroxylation is 1. The Morgan fingerprint density at radius 3 is 2.17 bits per heavy atom. The lowest BCUT2D eigenvalue weighted by atomic mass is 10.0. The molecule has 0 fully saturated rings. The molecule has 1 N–H and O–H groups in total. The number of carbonyl (C=O) groups is 2. The number of ether oxygens (including phenoxy) is 1. The van der Waals surface area contributed by atoms with E-state index in [-0.39, 0.29) is 29.5 Å². The summed E-state index contributed by atoms with van der Waals surface area (Å²) in [7, 11) is -4.21. The minimum absolute atomic E-state index is 0.00109. The highest BCUT2D eigenvalue weighted by Crippen LogP contribution is 2.28. The smallest absolute Gasteiger partial charge is 0.264 e. The van der Waals surface area contributed by atoms with Crippen molar-refractivity contribution >= 4 is 39.1 Å². The van der Waals surface area contributed by atoms with Crippen LogP contribution in [0.3, 0.4) is 0 Å². The molecule has 0 unspecified atom stereocenters. The van der Waals surface area contributed by atoms with Crippen molar-refractivity contribution in [3.8, 4) is 5.75 Å². The van der Waals surface area contributed by atoms with E-state index in [2.05, 4.69) is 5.32 Å². The quantitative estimate of drug-likeness (QED) is 0.132. The van der Waals surface area contributed by atoms with E-state index in [1.807, 2.05) is 57.2 Å². The predicted octanol–water partition coefficient (Wildman–Crippen LogP) is 6.80. The van der Waals surface area contributed by atoms with Gasteiger partial charge in [0, 0.05) is 24.5 Å². The van der Waals surface area contributed by atoms with E-state index in [0.717, 1.165) is 28.3 Å². The van der Waals surface area contributed by atoms with Crippen LogP contribution in [0.4, 0.5) is 5.69 Å². The van der Waals surface area contributed by atoms with Gasteiger partial charge in [0.05, 0.1) is 17.2 Å². The van der Waals surface area contributed by atoms with Crippen LogP contribution in [0.25, 0.3) is 0 Å². The molecule has 0 aromatic heterocycles. The van der Waals surface area contributed by atoms with Crippen LogP contribution in [-0.4, -0.2) is 50.9 Å². The summed E-state index contributed by atoms with van der Waals surface area (Å²) in [5.74, 6) is -0.305. The zero-order valence-electron chi connectivity index (χ0n) is 27.1. The number of sulfonamides is 1. The normalized spacial score (nSPS) is 11.8. The molecule has 4 rings (SSSR count). The molecule has 47 heavy (non-hydrogen) atoms. The van der Waals surface area contributed by atoms with E-state index >= 15 is 0 Å². The minimum Gasteiger partial charge on any atom is -0.494 e. The monoisotopic (exact) mass is 675 g/mol. The summed E-state index contributed by atoms with van der Waals surface area (Å²) in [5.41, 5.74) is 2.68. The Bertz CT molecular complexity index is 1720. The van der Waals surface area contributed by atoms with E-state index in [1.54, 1.807) is 54.6 Å². The van der Waals surface area contributed by atoms with Crippen LogP contribution in [0.1, 0.15) is 43.4 Å². The molecule has 0 spiro atoms. The maximum absolute atomic E-state index is 14.6. The van der Waals surface area contributed by atoms with Crippen LogP contribution in [0.2, 0.25) is 5.02 Å². The highest BCUT2D eigenvalue weighted by Gasteiger charge is 2.35. The molecule has 0 radical (unpaired) electrons. The summed E-state index contributed by atoms with van der Waals surface area (Å²) < 4.78 is 35.1. The average molecular weight is 676 g/mol. The SMILES string of the molecule is CCCCNC(=O)[C@@H](Cc1ccccc1)N(Cc1ccccc1Cl)C(=O)CN(c1ccc(OCC)cc1)S(=O)(=O)c1ccc(C)cc1. The number of hydrogen-bond donors (Lipinski definition) is 1. The molecule has 2 amide bonds. The number of carbonyl (C=O) groups excluding carboxylic acids is 2. The summed E-state index contributed by atoms with van der Waals surface area (Å²) in [6.07, 6.45) is 1.89. The van der Waals surface area contributed by atoms with Gasteiger partial charge >= 0.3 is 0 Å². The second kappa shape index (κ2) is 17.0. The standard InChI is InChI=1S/C37H42ClN3O5S/c1-4-6-24-39-37(43)35(25-29-12-8-7-9-13-29)40(26-30-14-10-11-15-34(30)38)36(42)27-41(31-18-20-32(21-19-31)46-5-2)47(44,45)33-22-16-28(3)17-23-33/h7-23,35H,4-6,24-27H2,1-3H3,(H,39,43)/t35-/m1/s1. The predicted molar refractivity (Wildman–Crippen MR) is 187 cm³/mol. The summed E-state index contributed by atoms with van der Waals surface area (Å²) in [6, 6.07) is 28.7. The first-order valence-corrected chi connectivity index (χ1v) is 17.6. The third-order valence-corrected chi connectivity index (χ3v) is 9.88. The van der Waals surface area contributed by atoms with Gasteiger partial charge in [-0.1, -0.05) is 91.2 Å². The van der Waals surface area contributed by atoms with E-state index in [0.29, 0.717) is 29.5 Å². The van der Waals surface area contributed by atoms with Crippen molar-refractivity contribution in [2.75, 3.05) is 24.0 Å². The molecule has 0 saturated carbocycles. The number of anilines is 1. The molecular formula is C37H42ClN3O5S. The first-order chi connectivity index (χ1) is 22.6. The highest BCUT2D eigenvalue weighted by molar-refractivity contribution is 7.92. The Hall–Kier alpha value is -4.34. The van der Waals surface area contributed by atoms with Gasteiger partial charge in [-0.05, 0) is 73.9 Å². The fourth-order valence-electron chi connectivity index (χ4n) is 5.11. The van der Waals surface area contributed by atoms with Crippen LogP contribution in [0.5, 0.6) is 5.75 Å². The van der Waals surface area contributed by atoms with Crippen LogP contribution in [-0.2, 0) is 32.6 Å². The Labute approximate surface area is 283 Å². The van der Waals surface area contributed by atoms with Crippen LogP contribution in [0.15, 0.2) is 108 Å². The van der Waals surface area contributed by atoms with E-state index < -0.39 is 28.5 Å². The Balaban J connectivity index is 1.80. The lowest BCUT2D eigenvalue weighted by molar-refractivity contribution is -0.140. The van der Waals surface area contributed by atoms with Crippen molar-refractivity contribution in [2.45, 2.75) is 57.5 Å². The maximum atomic E-state index is 14.6. The summed E-state index contributed by atoms with van der Waals surface area (Å²) in [5, 5.41) is 3.43. The minimum atomic E-state index is -4.21. The number of benzene rings is 4. The molecule has 4 aromatic rings. The summed E-state index contributed by atoms with van der Waals surface area (Å²) in [6.45, 7) is 6.11. The van der Waals surface area contributed by atoms with Gasteiger partial charge in [0.25, 0.3) is 10.0 Å². The van der Waals surface area contributed by atoms with Gasteiger partial charge in [-0.2, -0.15) is 0 Å². The second-order valence-electron chi connectivity index (χ2n) is 11.2. The topological polar surface area (TPSA) is 96.0 Å². The third-order valence-electron chi connectivity index (χ3n) is 7.72. The van der Waals surface area contributed by atoms with E-state index in [4.69, 9.17) is 16.3 Å². The molecule has 0 aliphatic rings. The molecule has 1 atom stereocenters. The molecular weight excluding hydrogens is 634 g/mol. The fourth-order valence-corrected chi connectivity index (χ4v) is 6.72. The van der Waals surface area contributed by atoms with E-state index in [1.165, 1.54) is 17.0 Å². The average Bonchev–Trinajstić information content (AvgIpc) is 3.07. The van der Waals surface area contributed by atoms with Crippen LogP contribution < -0.4 is 14.4 Å². The molecule has 0 aliphatic carbocycles. The molecule has 0 bridgehead atoms. The number of amides is 2. The number of rotatable bonds is 16. The molecule has 0 saturated heterocycles. The van der Waals surface area contributed by atoms with Gasteiger partial charge < -0.3 is 15.0 Å². The first kappa shape index (κ1) is 35.5. The van der Waals surface area contributed by atoms with Crippen molar-refractivity contribution in [1.29, 1.82) is 0 Å². The third kappa shape index (κ3) is 9.59. The zero-order valence-corrected chi connectivity index (χ0v) is 28.6. The van der Waals surface area contributed by atoms with Gasteiger partial charge in [-0.15, -0.1) is 0 Å². The lowest BCUT2D eigenvalue weighted by Crippen LogP contribution is -2.53. The lowest BCUT2D eigenvalue weighted by Gasteiger charge is -2.34. The number of nitrogens with zero attached hydrogens (tertiary/aromatic N) is 2. The zero-order chi connectivity index (χ0) is 33.8. The molecule has 8 nitrogen and oxygen atoms in total. The molecule has 4 aromatic carbocycles. The largest absolute Gasteiger partial charge is 0.494 e. The number of unbranched alkanes of at least 4 members (excludes halogenated alkanes) is 1. The van der Waals surface area contributed by atoms with Crippen molar-refractivity contribution < 1.29 is 22.7 Å². The van der Waals surface area contributed by atoms with Gasteiger partial charge in [0.15, 0.2) is 0 Å². The van der Waals surface area contributed by atoms with Crippen LogP contribution in [0, 0.1) is 6.92 Å². The molecule has 0 heterocycles. The number of halogens is 1. The summed E-state index contributed by atoms with van der Waals surface area (Å²) in [4.78, 5) is 29.9. The van der Waals surface area contributed by atoms with Crippen molar-refractivity contribution in [3.05, 3.63) is 125 Å². The van der Waals surface area contributed by atoms with Crippen molar-refractivity contribution in [3.63, 3.8) is 0 Å². The van der Waals surface area contributed by atoms with E-state index in [9.17, 15) is 18.0 Å². The maximum Gasteiger partial charge on any atom is 0.264 e. The highest BCUT2D eigenvalue weighted by atomic mass is 35.5. The second-order valence-corrected chi connectivity index (χ2v) is 13.5. The summed E-state index contributed by atoms with van der Waals surface area (Å²) >= 11 is 6.57. The van der Waals surface area contributed by atoms with Crippen molar-refractivity contribution in [2.24, 2.45) is 0 Å².